The van der Waals surface area contributed by atoms with Crippen LogP contribution in [0, 0.1) is 0 Å². The molecule has 1 amide bonds. The van der Waals surface area contributed by atoms with Crippen LogP contribution in [-0.4, -0.2) is 30.5 Å². The van der Waals surface area contributed by atoms with Crippen molar-refractivity contribution in [2.24, 2.45) is 0 Å². The number of rotatable bonds is 6. The van der Waals surface area contributed by atoms with Gasteiger partial charge in [-0.15, -0.1) is 0 Å². The molecule has 0 radical (unpaired) electrons. The predicted octanol–water partition coefficient (Wildman–Crippen LogP) is 3.69. The molecule has 1 atom stereocenters. The Balaban J connectivity index is 2.02. The highest BCUT2D eigenvalue weighted by atomic mass is 79.9. The minimum Gasteiger partial charge on any atom is -0.497 e. The van der Waals surface area contributed by atoms with Crippen LogP contribution in [0.3, 0.4) is 0 Å². The highest BCUT2D eigenvalue weighted by Crippen LogP contribution is 2.23. The van der Waals surface area contributed by atoms with Crippen molar-refractivity contribution in [3.05, 3.63) is 59.8 Å². The van der Waals surface area contributed by atoms with E-state index >= 15 is 0 Å². The maximum absolute atomic E-state index is 12.5. The van der Waals surface area contributed by atoms with Gasteiger partial charge in [-0.3, -0.25) is 4.79 Å². The predicted molar refractivity (Wildman–Crippen MR) is 93.1 cm³/mol. The first-order valence-corrected chi connectivity index (χ1v) is 7.74. The van der Waals surface area contributed by atoms with E-state index in [2.05, 4.69) is 34.4 Å². The smallest absolute Gasteiger partial charge is 0.249 e. The van der Waals surface area contributed by atoms with Gasteiger partial charge in [0.05, 0.1) is 7.11 Å². The third-order valence-electron chi connectivity index (χ3n) is 3.42. The van der Waals surface area contributed by atoms with E-state index in [0.29, 0.717) is 12.2 Å². The number of benzene rings is 1. The van der Waals surface area contributed by atoms with Gasteiger partial charge in [0.25, 0.3) is 0 Å². The standard InChI is InChI=1S/C17H19BrN2O2/c1-12(18)7-8-13(2)20-10-9-16(17(20)21)19-14-5-4-6-15(11-14)22-3/h4-8,11,16,19H,1-2,9-10H2,3H3/b8-7-. The van der Waals surface area contributed by atoms with Crippen molar-refractivity contribution in [3.8, 4) is 5.75 Å². The third kappa shape index (κ3) is 4.01. The molecule has 5 heteroatoms. The minimum atomic E-state index is -0.246. The zero-order chi connectivity index (χ0) is 16.1. The number of hydrogen-bond acceptors (Lipinski definition) is 3. The van der Waals surface area contributed by atoms with Crippen LogP contribution in [0.25, 0.3) is 0 Å². The van der Waals surface area contributed by atoms with Gasteiger partial charge >= 0.3 is 0 Å². The Morgan fingerprint density at radius 3 is 2.91 bits per heavy atom. The number of carbonyl (C=O) groups is 1. The molecular weight excluding hydrogens is 344 g/mol. The topological polar surface area (TPSA) is 41.6 Å². The lowest BCUT2D eigenvalue weighted by molar-refractivity contribution is -0.126. The zero-order valence-corrected chi connectivity index (χ0v) is 14.1. The summed E-state index contributed by atoms with van der Waals surface area (Å²) in [6.07, 6.45) is 4.29. The lowest BCUT2D eigenvalue weighted by Gasteiger charge is -2.18. The molecule has 0 aliphatic carbocycles. The number of likely N-dealkylation sites (tertiary alicyclic amines) is 1. The van der Waals surface area contributed by atoms with E-state index in [9.17, 15) is 4.79 Å². The summed E-state index contributed by atoms with van der Waals surface area (Å²) in [6, 6.07) is 7.31. The van der Waals surface area contributed by atoms with Gasteiger partial charge in [0, 0.05) is 28.5 Å². The van der Waals surface area contributed by atoms with Gasteiger partial charge in [0.2, 0.25) is 5.91 Å². The molecule has 0 saturated carbocycles. The second kappa shape index (κ2) is 7.31. The number of halogens is 1. The molecule has 0 spiro atoms. The third-order valence-corrected chi connectivity index (χ3v) is 3.68. The van der Waals surface area contributed by atoms with Gasteiger partial charge in [-0.2, -0.15) is 0 Å². The van der Waals surface area contributed by atoms with Crippen LogP contribution in [0.2, 0.25) is 0 Å². The molecule has 1 aromatic rings. The highest BCUT2D eigenvalue weighted by molar-refractivity contribution is 9.11. The largest absolute Gasteiger partial charge is 0.497 e. The van der Waals surface area contributed by atoms with E-state index in [1.54, 1.807) is 24.2 Å². The molecule has 22 heavy (non-hydrogen) atoms. The summed E-state index contributed by atoms with van der Waals surface area (Å²) in [5.74, 6) is 0.785. The fourth-order valence-electron chi connectivity index (χ4n) is 2.29. The van der Waals surface area contributed by atoms with Crippen molar-refractivity contribution in [2.45, 2.75) is 12.5 Å². The molecule has 1 aromatic carbocycles. The van der Waals surface area contributed by atoms with Crippen molar-refractivity contribution in [3.63, 3.8) is 0 Å². The van der Waals surface area contributed by atoms with E-state index in [1.807, 2.05) is 24.3 Å². The molecule has 1 unspecified atom stereocenters. The Hall–Kier alpha value is -2.01. The van der Waals surface area contributed by atoms with Crippen LogP contribution >= 0.6 is 15.9 Å². The second-order valence-electron chi connectivity index (χ2n) is 4.98. The number of anilines is 1. The summed E-state index contributed by atoms with van der Waals surface area (Å²) in [5, 5.41) is 3.25. The van der Waals surface area contributed by atoms with E-state index in [1.165, 1.54) is 0 Å². The second-order valence-corrected chi connectivity index (χ2v) is 6.00. The van der Waals surface area contributed by atoms with Crippen LogP contribution < -0.4 is 10.1 Å². The van der Waals surface area contributed by atoms with Crippen molar-refractivity contribution in [2.75, 3.05) is 19.0 Å². The van der Waals surface area contributed by atoms with Crippen molar-refractivity contribution in [1.82, 2.24) is 4.90 Å². The van der Waals surface area contributed by atoms with Gasteiger partial charge in [0.1, 0.15) is 11.8 Å². The molecule has 1 fully saturated rings. The summed E-state index contributed by atoms with van der Waals surface area (Å²) < 4.78 is 5.93. The first-order chi connectivity index (χ1) is 10.5. The molecule has 1 aliphatic heterocycles. The van der Waals surface area contributed by atoms with Crippen LogP contribution in [0.15, 0.2) is 59.8 Å². The van der Waals surface area contributed by atoms with Crippen LogP contribution in [0.1, 0.15) is 6.42 Å². The molecule has 0 aromatic heterocycles. The Kier molecular flexibility index (Phi) is 5.44. The molecule has 2 rings (SSSR count). The SMILES string of the molecule is C=C(Br)/C=C\C(=C)N1CCC(Nc2cccc(OC)c2)C1=O. The van der Waals surface area contributed by atoms with Gasteiger partial charge in [-0.1, -0.05) is 35.2 Å². The molecule has 4 nitrogen and oxygen atoms in total. The van der Waals surface area contributed by atoms with Gasteiger partial charge in [0.15, 0.2) is 0 Å². The first-order valence-electron chi connectivity index (χ1n) is 6.94. The summed E-state index contributed by atoms with van der Waals surface area (Å²) >= 11 is 3.25. The van der Waals surface area contributed by atoms with E-state index < -0.39 is 0 Å². The quantitative estimate of drug-likeness (QED) is 0.784. The average Bonchev–Trinajstić information content (AvgIpc) is 2.86. The van der Waals surface area contributed by atoms with Crippen LogP contribution in [0.5, 0.6) is 5.75 Å². The monoisotopic (exact) mass is 362 g/mol. The Bertz CT molecular complexity index is 625. The lowest BCUT2D eigenvalue weighted by atomic mass is 10.2. The molecule has 1 aliphatic rings. The number of nitrogens with one attached hydrogen (secondary N) is 1. The molecule has 0 bridgehead atoms. The molecule has 1 saturated heterocycles. The van der Waals surface area contributed by atoms with Crippen molar-refractivity contribution < 1.29 is 9.53 Å². The zero-order valence-electron chi connectivity index (χ0n) is 12.5. The number of methoxy groups -OCH3 is 1. The van der Waals surface area contributed by atoms with Crippen molar-refractivity contribution >= 4 is 27.5 Å². The van der Waals surface area contributed by atoms with E-state index in [0.717, 1.165) is 22.3 Å². The summed E-state index contributed by atoms with van der Waals surface area (Å²) in [6.45, 7) is 8.31. The number of hydrogen-bond donors (Lipinski definition) is 1. The van der Waals surface area contributed by atoms with Gasteiger partial charge in [-0.05, 0) is 30.7 Å². The number of ether oxygens (including phenoxy) is 1. The Morgan fingerprint density at radius 2 is 2.23 bits per heavy atom. The minimum absolute atomic E-state index is 0.0256. The van der Waals surface area contributed by atoms with Crippen LogP contribution in [-0.2, 0) is 4.79 Å². The normalized spacial score (nSPS) is 17.8. The van der Waals surface area contributed by atoms with Gasteiger partial charge in [-0.25, -0.2) is 0 Å². The summed E-state index contributed by atoms with van der Waals surface area (Å²) in [7, 11) is 1.62. The summed E-state index contributed by atoms with van der Waals surface area (Å²) in [5.41, 5.74) is 1.54. The summed E-state index contributed by atoms with van der Waals surface area (Å²) in [4.78, 5) is 14.1. The van der Waals surface area contributed by atoms with Crippen molar-refractivity contribution in [1.29, 1.82) is 0 Å². The maximum Gasteiger partial charge on any atom is 0.249 e. The average molecular weight is 363 g/mol. The molecule has 116 valence electrons. The molecule has 1 heterocycles. The number of amides is 1. The molecule has 1 N–H and O–H groups in total. The fraction of sp³-hybridized carbons (Fsp3) is 0.235. The molecular formula is C17H19BrN2O2. The Morgan fingerprint density at radius 1 is 1.45 bits per heavy atom. The lowest BCUT2D eigenvalue weighted by Crippen LogP contribution is -2.32. The van der Waals surface area contributed by atoms with E-state index in [-0.39, 0.29) is 11.9 Å². The number of carbonyl (C=O) groups excluding carboxylic acids is 1. The van der Waals surface area contributed by atoms with E-state index in [4.69, 9.17) is 4.74 Å². The van der Waals surface area contributed by atoms with Crippen LogP contribution in [0.4, 0.5) is 5.69 Å². The first kappa shape index (κ1) is 16.4. The Labute approximate surface area is 139 Å². The maximum atomic E-state index is 12.5. The highest BCUT2D eigenvalue weighted by Gasteiger charge is 2.32. The van der Waals surface area contributed by atoms with Gasteiger partial charge < -0.3 is 15.0 Å². The number of allylic oxidation sites excluding steroid dienone is 3. The fourth-order valence-corrected chi connectivity index (χ4v) is 2.42. The number of nitrogens with zero attached hydrogens (tertiary/aromatic N) is 1.